The molecule has 0 radical (unpaired) electrons. The fourth-order valence-electron chi connectivity index (χ4n) is 3.44. The van der Waals surface area contributed by atoms with Gasteiger partial charge in [-0.3, -0.25) is 4.79 Å². The largest absolute Gasteiger partial charge is 0.485 e. The fraction of sp³-hybridized carbons (Fsp3) is 0.550. The first kappa shape index (κ1) is 19.4. The zero-order valence-electron chi connectivity index (χ0n) is 16.3. The van der Waals surface area contributed by atoms with Crippen LogP contribution < -0.4 is 10.1 Å². The van der Waals surface area contributed by atoms with E-state index >= 15 is 0 Å². The van der Waals surface area contributed by atoms with E-state index in [2.05, 4.69) is 34.2 Å². The van der Waals surface area contributed by atoms with E-state index in [0.717, 1.165) is 25.6 Å². The minimum Gasteiger partial charge on any atom is -0.485 e. The summed E-state index contributed by atoms with van der Waals surface area (Å²) in [5.41, 5.74) is 0.622. The second-order valence-corrected chi connectivity index (χ2v) is 7.42. The summed E-state index contributed by atoms with van der Waals surface area (Å²) in [5.74, 6) is 2.34. The van der Waals surface area contributed by atoms with Crippen LogP contribution in [0, 0.1) is 12.8 Å². The van der Waals surface area contributed by atoms with E-state index in [0.29, 0.717) is 23.0 Å². The van der Waals surface area contributed by atoms with Crippen molar-refractivity contribution in [1.29, 1.82) is 0 Å². The molecule has 0 aliphatic carbocycles. The molecule has 0 spiro atoms. The summed E-state index contributed by atoms with van der Waals surface area (Å²) < 4.78 is 10.5. The summed E-state index contributed by atoms with van der Waals surface area (Å²) in [6.07, 6.45) is 2.55. The molecule has 7 nitrogen and oxygen atoms in total. The number of nitrogens with one attached hydrogen (secondary N) is 1. The van der Waals surface area contributed by atoms with Crippen molar-refractivity contribution in [2.24, 2.45) is 5.92 Å². The molecule has 1 aliphatic rings. The van der Waals surface area contributed by atoms with Gasteiger partial charge < -0.3 is 19.5 Å². The Morgan fingerprint density at radius 2 is 2.19 bits per heavy atom. The third-order valence-electron chi connectivity index (χ3n) is 4.70. The Bertz CT molecular complexity index is 744. The molecule has 1 aliphatic heterocycles. The number of piperidine rings is 1. The first-order chi connectivity index (χ1) is 13.0. The van der Waals surface area contributed by atoms with Crippen molar-refractivity contribution >= 4 is 5.91 Å². The first-order valence-corrected chi connectivity index (χ1v) is 9.55. The van der Waals surface area contributed by atoms with Gasteiger partial charge in [0.05, 0.1) is 0 Å². The molecule has 27 heavy (non-hydrogen) atoms. The van der Waals surface area contributed by atoms with Crippen LogP contribution in [0.25, 0.3) is 0 Å². The Kier molecular flexibility index (Phi) is 6.45. The second kappa shape index (κ2) is 8.99. The average Bonchev–Trinajstić information content (AvgIpc) is 3.05. The maximum absolute atomic E-state index is 12.5. The number of carbonyl (C=O) groups is 1. The van der Waals surface area contributed by atoms with Crippen molar-refractivity contribution in [2.45, 2.75) is 46.3 Å². The first-order valence-electron chi connectivity index (χ1n) is 9.55. The summed E-state index contributed by atoms with van der Waals surface area (Å²) in [6, 6.07) is 7.20. The minimum atomic E-state index is -0.0621. The van der Waals surface area contributed by atoms with Gasteiger partial charge in [-0.15, -0.1) is 0 Å². The molecule has 0 bridgehead atoms. The number of amides is 1. The maximum atomic E-state index is 12.5. The lowest BCUT2D eigenvalue weighted by Crippen LogP contribution is -2.45. The van der Waals surface area contributed by atoms with E-state index in [1.165, 1.54) is 12.8 Å². The lowest BCUT2D eigenvalue weighted by atomic mass is 10.00. The number of hydrogen-bond acceptors (Lipinski definition) is 6. The summed E-state index contributed by atoms with van der Waals surface area (Å²) in [4.78, 5) is 19.0. The second-order valence-electron chi connectivity index (χ2n) is 7.42. The molecule has 2 aromatic rings. The van der Waals surface area contributed by atoms with Gasteiger partial charge >= 0.3 is 0 Å². The summed E-state index contributed by atoms with van der Waals surface area (Å²) in [6.45, 7) is 9.44. The molecule has 0 saturated carbocycles. The van der Waals surface area contributed by atoms with Gasteiger partial charge in [0, 0.05) is 31.6 Å². The van der Waals surface area contributed by atoms with Gasteiger partial charge in [0.25, 0.3) is 5.91 Å². The van der Waals surface area contributed by atoms with Gasteiger partial charge in [0.15, 0.2) is 6.61 Å². The monoisotopic (exact) mass is 372 g/mol. The average molecular weight is 372 g/mol. The molecule has 1 saturated heterocycles. The van der Waals surface area contributed by atoms with Crippen molar-refractivity contribution in [3.63, 3.8) is 0 Å². The molecule has 7 heteroatoms. The van der Waals surface area contributed by atoms with Gasteiger partial charge in [-0.05, 0) is 56.5 Å². The maximum Gasteiger partial charge on any atom is 0.251 e. The van der Waals surface area contributed by atoms with Gasteiger partial charge in [-0.2, -0.15) is 4.98 Å². The quantitative estimate of drug-likeness (QED) is 0.805. The van der Waals surface area contributed by atoms with Crippen molar-refractivity contribution in [3.8, 4) is 5.75 Å². The predicted octanol–water partition coefficient (Wildman–Crippen LogP) is 2.81. The fourth-order valence-corrected chi connectivity index (χ4v) is 3.44. The SMILES string of the molecule is Cc1nc(COc2ccc(C(=O)NC(C)CN3CCCC(C)C3)cc2)no1. The number of ether oxygens (including phenoxy) is 1. The molecule has 1 aromatic heterocycles. The molecule has 2 heterocycles. The molecule has 2 unspecified atom stereocenters. The molecule has 1 fully saturated rings. The highest BCUT2D eigenvalue weighted by Crippen LogP contribution is 2.16. The van der Waals surface area contributed by atoms with Crippen molar-refractivity contribution in [3.05, 3.63) is 41.5 Å². The van der Waals surface area contributed by atoms with Crippen LogP contribution in [0.3, 0.4) is 0 Å². The molecule has 1 aromatic carbocycles. The number of nitrogens with zero attached hydrogens (tertiary/aromatic N) is 3. The van der Waals surface area contributed by atoms with Crippen LogP contribution in [-0.4, -0.2) is 46.6 Å². The van der Waals surface area contributed by atoms with Crippen LogP contribution in [0.1, 0.15) is 48.8 Å². The van der Waals surface area contributed by atoms with Crippen LogP contribution >= 0.6 is 0 Å². The minimum absolute atomic E-state index is 0.0621. The third-order valence-corrected chi connectivity index (χ3v) is 4.70. The van der Waals surface area contributed by atoms with Crippen molar-refractivity contribution in [1.82, 2.24) is 20.4 Å². The predicted molar refractivity (Wildman–Crippen MR) is 102 cm³/mol. The van der Waals surface area contributed by atoms with Gasteiger partial charge in [0.2, 0.25) is 11.7 Å². The number of aryl methyl sites for hydroxylation is 1. The molecular weight excluding hydrogens is 344 g/mol. The zero-order chi connectivity index (χ0) is 19.2. The van der Waals surface area contributed by atoms with E-state index in [-0.39, 0.29) is 18.6 Å². The number of likely N-dealkylation sites (tertiary alicyclic amines) is 1. The summed E-state index contributed by atoms with van der Waals surface area (Å²) in [7, 11) is 0. The Morgan fingerprint density at radius 3 is 2.85 bits per heavy atom. The molecule has 2 atom stereocenters. The molecule has 1 amide bonds. The highest BCUT2D eigenvalue weighted by Gasteiger charge is 2.19. The highest BCUT2D eigenvalue weighted by atomic mass is 16.5. The van der Waals surface area contributed by atoms with Crippen LogP contribution in [0.2, 0.25) is 0 Å². The number of rotatable bonds is 7. The van der Waals surface area contributed by atoms with E-state index in [1.54, 1.807) is 31.2 Å². The third kappa shape index (κ3) is 5.79. The van der Waals surface area contributed by atoms with E-state index < -0.39 is 0 Å². The van der Waals surface area contributed by atoms with E-state index in [4.69, 9.17) is 9.26 Å². The van der Waals surface area contributed by atoms with Crippen LogP contribution in [-0.2, 0) is 6.61 Å². The lowest BCUT2D eigenvalue weighted by molar-refractivity contribution is 0.0920. The molecular formula is C20H28N4O3. The number of aromatic nitrogens is 2. The Balaban J connectivity index is 1.46. The van der Waals surface area contributed by atoms with Gasteiger partial charge in [0.1, 0.15) is 5.75 Å². The molecule has 146 valence electrons. The van der Waals surface area contributed by atoms with Gasteiger partial charge in [-0.1, -0.05) is 12.1 Å². The molecule has 3 rings (SSSR count). The lowest BCUT2D eigenvalue weighted by Gasteiger charge is -2.32. The number of hydrogen-bond donors (Lipinski definition) is 1. The van der Waals surface area contributed by atoms with Gasteiger partial charge in [-0.25, -0.2) is 0 Å². The number of benzene rings is 1. The summed E-state index contributed by atoms with van der Waals surface area (Å²) >= 11 is 0. The van der Waals surface area contributed by atoms with E-state index in [1.807, 2.05) is 0 Å². The van der Waals surface area contributed by atoms with Crippen molar-refractivity contribution in [2.75, 3.05) is 19.6 Å². The number of carbonyl (C=O) groups excluding carboxylic acids is 1. The van der Waals surface area contributed by atoms with Crippen LogP contribution in [0.5, 0.6) is 5.75 Å². The Labute approximate surface area is 160 Å². The molecule has 1 N–H and O–H groups in total. The Morgan fingerprint density at radius 1 is 1.41 bits per heavy atom. The topological polar surface area (TPSA) is 80.5 Å². The van der Waals surface area contributed by atoms with E-state index in [9.17, 15) is 4.79 Å². The Hall–Kier alpha value is -2.41. The smallest absolute Gasteiger partial charge is 0.251 e. The van der Waals surface area contributed by atoms with Crippen LogP contribution in [0.4, 0.5) is 0 Å². The normalized spacial score (nSPS) is 18.9. The zero-order valence-corrected chi connectivity index (χ0v) is 16.3. The highest BCUT2D eigenvalue weighted by molar-refractivity contribution is 5.94. The van der Waals surface area contributed by atoms with Crippen LogP contribution in [0.15, 0.2) is 28.8 Å². The van der Waals surface area contributed by atoms with Crippen molar-refractivity contribution < 1.29 is 14.1 Å². The summed E-state index contributed by atoms with van der Waals surface area (Å²) in [5, 5.41) is 6.87. The standard InChI is InChI=1S/C20H28N4O3/c1-14-5-4-10-24(11-14)12-15(2)21-20(25)17-6-8-18(9-7-17)26-13-19-22-16(3)27-23-19/h6-9,14-15H,4-5,10-13H2,1-3H3,(H,21,25).